The maximum absolute atomic E-state index is 12.7. The van der Waals surface area contributed by atoms with Crippen molar-refractivity contribution < 1.29 is 19.4 Å². The molecule has 1 amide bonds. The smallest absolute Gasteiger partial charge is 0.293 e. The van der Waals surface area contributed by atoms with Gasteiger partial charge in [0, 0.05) is 13.1 Å². The first-order valence-corrected chi connectivity index (χ1v) is 8.15. The average Bonchev–Trinajstić information content (AvgIpc) is 2.59. The number of carbonyl (C=O) groups excluding carboxylic acids is 1. The predicted molar refractivity (Wildman–Crippen MR) is 91.8 cm³/mol. The molecule has 5 nitrogen and oxygen atoms in total. The van der Waals surface area contributed by atoms with Gasteiger partial charge in [0.05, 0.1) is 0 Å². The third kappa shape index (κ3) is 2.83. The van der Waals surface area contributed by atoms with Crippen molar-refractivity contribution in [3.63, 3.8) is 0 Å². The molecule has 2 aromatic rings. The van der Waals surface area contributed by atoms with Crippen molar-refractivity contribution >= 4 is 16.7 Å². The van der Waals surface area contributed by atoms with Crippen LogP contribution in [0.3, 0.4) is 0 Å². The molecule has 0 spiro atoms. The van der Waals surface area contributed by atoms with Crippen LogP contribution >= 0.6 is 0 Å². The third-order valence-electron chi connectivity index (χ3n) is 4.09. The van der Waals surface area contributed by atoms with Gasteiger partial charge in [0.15, 0.2) is 17.3 Å². The zero-order valence-electron chi connectivity index (χ0n) is 14.1. The van der Waals surface area contributed by atoms with Gasteiger partial charge >= 0.3 is 0 Å². The maximum atomic E-state index is 12.7. The average molecular weight is 327 g/mol. The normalized spacial score (nSPS) is 14.7. The number of ether oxygens (including phenoxy) is 2. The number of amides is 1. The van der Waals surface area contributed by atoms with Crippen molar-refractivity contribution in [1.82, 2.24) is 4.90 Å². The molecule has 2 aromatic carbocycles. The first-order chi connectivity index (χ1) is 11.5. The van der Waals surface area contributed by atoms with Crippen LogP contribution in [-0.4, -0.2) is 35.1 Å². The van der Waals surface area contributed by atoms with Crippen LogP contribution in [0.15, 0.2) is 47.9 Å². The van der Waals surface area contributed by atoms with Crippen LogP contribution in [0, 0.1) is 0 Å². The van der Waals surface area contributed by atoms with Gasteiger partial charge in [-0.05, 0) is 43.7 Å². The minimum atomic E-state index is -0.945. The third-order valence-corrected chi connectivity index (χ3v) is 4.09. The Balaban J connectivity index is 2.06. The summed E-state index contributed by atoms with van der Waals surface area (Å²) in [7, 11) is 0. The van der Waals surface area contributed by atoms with Gasteiger partial charge in [0.2, 0.25) is 5.76 Å². The zero-order valence-corrected chi connectivity index (χ0v) is 14.1. The second-order valence-corrected chi connectivity index (χ2v) is 5.70. The van der Waals surface area contributed by atoms with E-state index in [0.29, 0.717) is 24.6 Å². The number of benzene rings is 2. The number of hydrogen-bond donors (Lipinski definition) is 1. The molecule has 0 radical (unpaired) electrons. The molecule has 3 rings (SSSR count). The van der Waals surface area contributed by atoms with Crippen molar-refractivity contribution in [2.45, 2.75) is 26.9 Å². The van der Waals surface area contributed by atoms with E-state index < -0.39 is 6.10 Å². The van der Waals surface area contributed by atoms with Gasteiger partial charge in [-0.1, -0.05) is 24.3 Å². The van der Waals surface area contributed by atoms with E-state index in [4.69, 9.17) is 9.47 Å². The first kappa shape index (κ1) is 16.3. The van der Waals surface area contributed by atoms with E-state index in [0.717, 1.165) is 10.8 Å². The predicted octanol–water partition coefficient (Wildman–Crippen LogP) is 3.07. The molecule has 0 saturated carbocycles. The lowest BCUT2D eigenvalue weighted by molar-refractivity contribution is -0.129. The van der Waals surface area contributed by atoms with Crippen LogP contribution in [0.4, 0.5) is 0 Å². The van der Waals surface area contributed by atoms with Crippen molar-refractivity contribution in [2.24, 2.45) is 0 Å². The van der Waals surface area contributed by atoms with Crippen LogP contribution in [-0.2, 0) is 4.79 Å². The van der Waals surface area contributed by atoms with E-state index in [1.54, 1.807) is 11.8 Å². The summed E-state index contributed by atoms with van der Waals surface area (Å²) < 4.78 is 11.7. The quantitative estimate of drug-likeness (QED) is 0.937. The van der Waals surface area contributed by atoms with Gasteiger partial charge in [-0.15, -0.1) is 0 Å². The molecule has 1 heterocycles. The van der Waals surface area contributed by atoms with Crippen LogP contribution in [0.5, 0.6) is 11.5 Å². The topological polar surface area (TPSA) is 59.0 Å². The number of fused-ring (bicyclic) bond motifs is 2. The highest BCUT2D eigenvalue weighted by Gasteiger charge is 2.31. The van der Waals surface area contributed by atoms with E-state index in [1.165, 1.54) is 0 Å². The first-order valence-electron chi connectivity index (χ1n) is 8.15. The molecular formula is C19H21NO4. The monoisotopic (exact) mass is 327 g/mol. The summed E-state index contributed by atoms with van der Waals surface area (Å²) in [6.45, 7) is 6.46. The second kappa shape index (κ2) is 6.53. The number of aliphatic hydroxyl groups is 1. The van der Waals surface area contributed by atoms with E-state index in [1.807, 2.05) is 50.2 Å². The van der Waals surface area contributed by atoms with Crippen molar-refractivity contribution in [1.29, 1.82) is 0 Å². The Labute approximate surface area is 141 Å². The number of carbonyl (C=O) groups is 1. The van der Waals surface area contributed by atoms with E-state index in [2.05, 4.69) is 0 Å². The van der Waals surface area contributed by atoms with Gasteiger partial charge in [-0.2, -0.15) is 0 Å². The van der Waals surface area contributed by atoms with E-state index in [-0.39, 0.29) is 17.4 Å². The van der Waals surface area contributed by atoms with Gasteiger partial charge in [-0.3, -0.25) is 4.79 Å². The highest BCUT2D eigenvalue weighted by molar-refractivity contribution is 5.94. The van der Waals surface area contributed by atoms with Crippen molar-refractivity contribution in [3.8, 4) is 11.5 Å². The Hall–Kier alpha value is -2.53. The minimum absolute atomic E-state index is 0.0523. The summed E-state index contributed by atoms with van der Waals surface area (Å²) >= 11 is 0. The highest BCUT2D eigenvalue weighted by Crippen LogP contribution is 2.39. The number of likely N-dealkylation sites (N-methyl/N-ethyl adjacent to an activating group) is 1. The standard InChI is InChI=1S/C19H21NO4/c1-4-20(5-2)19(22)18-17(12(3)21)23-15-10-13-8-6-7-9-14(13)11-16(15)24-18/h6-12,21H,4-5H2,1-3H3. The summed E-state index contributed by atoms with van der Waals surface area (Å²) in [4.78, 5) is 14.3. The minimum Gasteiger partial charge on any atom is -0.451 e. The fourth-order valence-electron chi connectivity index (χ4n) is 2.76. The SMILES string of the molecule is CCN(CC)C(=O)C1=C(C(C)O)Oc2cc3ccccc3cc2O1. The Bertz CT molecular complexity index is 806. The molecule has 1 atom stereocenters. The van der Waals surface area contributed by atoms with Gasteiger partial charge < -0.3 is 19.5 Å². The molecule has 0 aliphatic carbocycles. The molecule has 0 bridgehead atoms. The van der Waals surface area contributed by atoms with Gasteiger partial charge in [0.1, 0.15) is 6.10 Å². The summed E-state index contributed by atoms with van der Waals surface area (Å²) in [5.41, 5.74) is 0. The molecule has 1 aliphatic rings. The van der Waals surface area contributed by atoms with Crippen LogP contribution in [0.1, 0.15) is 20.8 Å². The fraction of sp³-hybridized carbons (Fsp3) is 0.316. The summed E-state index contributed by atoms with van der Waals surface area (Å²) in [6, 6.07) is 11.5. The Morgan fingerprint density at radius 2 is 1.62 bits per heavy atom. The van der Waals surface area contributed by atoms with Gasteiger partial charge in [0.25, 0.3) is 5.91 Å². The largest absolute Gasteiger partial charge is 0.451 e. The summed E-state index contributed by atoms with van der Waals surface area (Å²) in [6.07, 6.45) is -0.945. The van der Waals surface area contributed by atoms with Crippen LogP contribution in [0.25, 0.3) is 10.8 Å². The molecule has 1 unspecified atom stereocenters. The molecule has 0 fully saturated rings. The number of hydrogen-bond acceptors (Lipinski definition) is 4. The Morgan fingerprint density at radius 3 is 2.12 bits per heavy atom. The lowest BCUT2D eigenvalue weighted by Crippen LogP contribution is -2.36. The highest BCUT2D eigenvalue weighted by atomic mass is 16.6. The fourth-order valence-corrected chi connectivity index (χ4v) is 2.76. The number of aliphatic hydroxyl groups excluding tert-OH is 1. The van der Waals surface area contributed by atoms with Crippen LogP contribution in [0.2, 0.25) is 0 Å². The lowest BCUT2D eigenvalue weighted by Gasteiger charge is -2.28. The molecule has 0 saturated heterocycles. The van der Waals surface area contributed by atoms with E-state index in [9.17, 15) is 9.90 Å². The summed E-state index contributed by atoms with van der Waals surface area (Å²) in [5.74, 6) is 0.898. The lowest BCUT2D eigenvalue weighted by atomic mass is 10.1. The Morgan fingerprint density at radius 1 is 1.08 bits per heavy atom. The molecular weight excluding hydrogens is 306 g/mol. The van der Waals surface area contributed by atoms with E-state index >= 15 is 0 Å². The summed E-state index contributed by atoms with van der Waals surface area (Å²) in [5, 5.41) is 12.0. The molecule has 0 aromatic heterocycles. The maximum Gasteiger partial charge on any atom is 0.293 e. The molecule has 1 aliphatic heterocycles. The molecule has 5 heteroatoms. The second-order valence-electron chi connectivity index (χ2n) is 5.70. The number of rotatable bonds is 4. The molecule has 24 heavy (non-hydrogen) atoms. The Kier molecular flexibility index (Phi) is 4.44. The van der Waals surface area contributed by atoms with Crippen molar-refractivity contribution in [3.05, 3.63) is 47.9 Å². The molecule has 126 valence electrons. The molecule has 1 N–H and O–H groups in total. The number of nitrogens with zero attached hydrogens (tertiary/aromatic N) is 1. The van der Waals surface area contributed by atoms with Crippen molar-refractivity contribution in [2.75, 3.05) is 13.1 Å². The van der Waals surface area contributed by atoms with Crippen LogP contribution < -0.4 is 9.47 Å². The van der Waals surface area contributed by atoms with Gasteiger partial charge in [-0.25, -0.2) is 0 Å². The zero-order chi connectivity index (χ0) is 17.3.